The average molecular weight is 370 g/mol. The summed E-state index contributed by atoms with van der Waals surface area (Å²) in [5.74, 6) is 1.69. The molecular weight excluding hydrogens is 348 g/mol. The highest BCUT2D eigenvalue weighted by Gasteiger charge is 2.10. The summed E-state index contributed by atoms with van der Waals surface area (Å²) in [5, 5.41) is 0. The first-order chi connectivity index (χ1) is 13.8. The van der Waals surface area contributed by atoms with Crippen LogP contribution in [-0.4, -0.2) is 14.2 Å². The summed E-state index contributed by atoms with van der Waals surface area (Å²) in [6.07, 6.45) is 8.25. The topological polar surface area (TPSA) is 26.2 Å². The lowest BCUT2D eigenvalue weighted by atomic mass is 10.1. The van der Waals surface area contributed by atoms with Crippen LogP contribution in [0.1, 0.15) is 0 Å². The van der Waals surface area contributed by atoms with Gasteiger partial charge in [-0.25, -0.2) is 0 Å². The van der Waals surface area contributed by atoms with Gasteiger partial charge in [-0.05, 0) is 23.3 Å². The summed E-state index contributed by atoms with van der Waals surface area (Å²) in [6.45, 7) is 0. The Morgan fingerprint density at radius 3 is 1.29 bits per heavy atom. The van der Waals surface area contributed by atoms with E-state index in [1.807, 2.05) is 36.4 Å². The maximum atomic E-state index is 5.31. The highest BCUT2D eigenvalue weighted by Crippen LogP contribution is 2.18. The van der Waals surface area contributed by atoms with E-state index in [0.29, 0.717) is 0 Å². The van der Waals surface area contributed by atoms with E-state index >= 15 is 0 Å². The Labute approximate surface area is 164 Å². The molecule has 0 N–H and O–H groups in total. The lowest BCUT2D eigenvalue weighted by molar-refractivity contribution is -0.596. The molecule has 0 atom stereocenters. The van der Waals surface area contributed by atoms with Gasteiger partial charge in [0.2, 0.25) is 11.4 Å². The van der Waals surface area contributed by atoms with Crippen LogP contribution >= 0.6 is 0 Å². The Morgan fingerprint density at radius 2 is 0.929 bits per heavy atom. The van der Waals surface area contributed by atoms with Gasteiger partial charge in [0, 0.05) is 36.4 Å². The first kappa shape index (κ1) is 17.7. The van der Waals surface area contributed by atoms with E-state index in [4.69, 9.17) is 9.47 Å². The number of hydrogen-bond donors (Lipinski definition) is 0. The summed E-state index contributed by atoms with van der Waals surface area (Å²) < 4.78 is 14.8. The standard InChI is InChI=1S/C24H22N2O2/c1-27-23-7-3-5-21(17-23)25-13-9-19(10-14-25)20-11-15-26(16-12-20)22-6-4-8-24(18-22)28-2/h3-18H,1-2H3/q+2. The maximum Gasteiger partial charge on any atom is 0.214 e. The van der Waals surface area contributed by atoms with E-state index in [1.165, 1.54) is 0 Å². The third-order valence-corrected chi connectivity index (χ3v) is 4.70. The number of aromatic nitrogens is 2. The molecule has 0 saturated carbocycles. The molecule has 0 unspecified atom stereocenters. The number of ether oxygens (including phenoxy) is 2. The monoisotopic (exact) mass is 370 g/mol. The number of rotatable bonds is 5. The number of hydrogen-bond acceptors (Lipinski definition) is 2. The molecule has 4 rings (SSSR count). The molecule has 4 heteroatoms. The van der Waals surface area contributed by atoms with Gasteiger partial charge >= 0.3 is 0 Å². The molecule has 0 fully saturated rings. The predicted molar refractivity (Wildman–Crippen MR) is 108 cm³/mol. The highest BCUT2D eigenvalue weighted by molar-refractivity contribution is 5.61. The summed E-state index contributed by atoms with van der Waals surface area (Å²) in [4.78, 5) is 0. The Balaban J connectivity index is 1.57. The lowest BCUT2D eigenvalue weighted by Gasteiger charge is -2.03. The number of nitrogens with zero attached hydrogens (tertiary/aromatic N) is 2. The molecule has 0 amide bonds. The zero-order valence-corrected chi connectivity index (χ0v) is 15.9. The summed E-state index contributed by atoms with van der Waals surface area (Å²) in [7, 11) is 3.36. The number of benzene rings is 2. The molecule has 0 radical (unpaired) electrons. The van der Waals surface area contributed by atoms with Crippen molar-refractivity contribution in [3.8, 4) is 34.0 Å². The largest absolute Gasteiger partial charge is 0.497 e. The van der Waals surface area contributed by atoms with Crippen LogP contribution in [0.15, 0.2) is 97.6 Å². The van der Waals surface area contributed by atoms with Crippen molar-refractivity contribution in [3.63, 3.8) is 0 Å². The zero-order chi connectivity index (χ0) is 19.3. The van der Waals surface area contributed by atoms with Gasteiger partial charge in [0.1, 0.15) is 11.5 Å². The molecule has 2 heterocycles. The Morgan fingerprint density at radius 1 is 0.536 bits per heavy atom. The fraction of sp³-hybridized carbons (Fsp3) is 0.0833. The van der Waals surface area contributed by atoms with Gasteiger partial charge in [0.25, 0.3) is 0 Å². The van der Waals surface area contributed by atoms with Gasteiger partial charge < -0.3 is 9.47 Å². The van der Waals surface area contributed by atoms with Crippen LogP contribution in [0.2, 0.25) is 0 Å². The first-order valence-corrected chi connectivity index (χ1v) is 9.09. The highest BCUT2D eigenvalue weighted by atomic mass is 16.5. The lowest BCUT2D eigenvalue weighted by Crippen LogP contribution is -2.29. The van der Waals surface area contributed by atoms with Gasteiger partial charge in [-0.3, -0.25) is 0 Å². The van der Waals surface area contributed by atoms with Crippen LogP contribution < -0.4 is 18.6 Å². The van der Waals surface area contributed by atoms with Crippen molar-refractivity contribution in [1.29, 1.82) is 0 Å². The second-order valence-corrected chi connectivity index (χ2v) is 6.39. The molecule has 0 aliphatic rings. The number of methoxy groups -OCH3 is 2. The van der Waals surface area contributed by atoms with Gasteiger partial charge in [0.05, 0.1) is 26.4 Å². The van der Waals surface area contributed by atoms with Crippen molar-refractivity contribution in [1.82, 2.24) is 0 Å². The molecule has 138 valence electrons. The van der Waals surface area contributed by atoms with Crippen LogP contribution in [0.4, 0.5) is 0 Å². The van der Waals surface area contributed by atoms with Crippen molar-refractivity contribution < 1.29 is 18.6 Å². The molecule has 0 saturated heterocycles. The van der Waals surface area contributed by atoms with E-state index in [-0.39, 0.29) is 0 Å². The third kappa shape index (κ3) is 3.71. The Hall–Kier alpha value is -3.66. The van der Waals surface area contributed by atoms with Crippen LogP contribution in [0.5, 0.6) is 11.5 Å². The Kier molecular flexibility index (Phi) is 5.02. The van der Waals surface area contributed by atoms with Crippen molar-refractivity contribution in [2.45, 2.75) is 0 Å². The van der Waals surface area contributed by atoms with Gasteiger partial charge in [-0.15, -0.1) is 0 Å². The van der Waals surface area contributed by atoms with Crippen LogP contribution in [0.3, 0.4) is 0 Å². The minimum absolute atomic E-state index is 0.847. The van der Waals surface area contributed by atoms with Crippen LogP contribution in [0.25, 0.3) is 22.5 Å². The summed E-state index contributed by atoms with van der Waals surface area (Å²) in [6, 6.07) is 24.5. The molecule has 28 heavy (non-hydrogen) atoms. The molecule has 0 aliphatic heterocycles. The van der Waals surface area contributed by atoms with Gasteiger partial charge in [-0.2, -0.15) is 9.13 Å². The van der Waals surface area contributed by atoms with Crippen molar-refractivity contribution in [2.75, 3.05) is 14.2 Å². The van der Waals surface area contributed by atoms with E-state index < -0.39 is 0 Å². The molecule has 0 aliphatic carbocycles. The second kappa shape index (κ2) is 7.92. The molecule has 4 aromatic rings. The van der Waals surface area contributed by atoms with Crippen molar-refractivity contribution in [2.24, 2.45) is 0 Å². The molecular formula is C24H22N2O2+2. The van der Waals surface area contributed by atoms with E-state index in [9.17, 15) is 0 Å². The van der Waals surface area contributed by atoms with E-state index in [1.54, 1.807) is 14.2 Å². The van der Waals surface area contributed by atoms with E-state index in [0.717, 1.165) is 34.0 Å². The predicted octanol–water partition coefficient (Wildman–Crippen LogP) is 3.92. The summed E-state index contributed by atoms with van der Waals surface area (Å²) >= 11 is 0. The van der Waals surface area contributed by atoms with Crippen LogP contribution in [0, 0.1) is 0 Å². The molecule has 2 aromatic heterocycles. The molecule has 4 nitrogen and oxygen atoms in total. The van der Waals surface area contributed by atoms with Crippen molar-refractivity contribution in [3.05, 3.63) is 97.6 Å². The van der Waals surface area contributed by atoms with Gasteiger partial charge in [0.15, 0.2) is 24.8 Å². The van der Waals surface area contributed by atoms with Crippen LogP contribution in [-0.2, 0) is 0 Å². The SMILES string of the molecule is COc1cccc(-[n+]2ccc(-c3cc[n+](-c4cccc(OC)c4)cc3)cc2)c1. The average Bonchev–Trinajstić information content (AvgIpc) is 2.79. The van der Waals surface area contributed by atoms with Gasteiger partial charge in [-0.1, -0.05) is 12.1 Å². The fourth-order valence-electron chi connectivity index (χ4n) is 3.12. The minimum atomic E-state index is 0.847. The van der Waals surface area contributed by atoms with Crippen molar-refractivity contribution >= 4 is 0 Å². The number of pyridine rings is 2. The first-order valence-electron chi connectivity index (χ1n) is 9.09. The second-order valence-electron chi connectivity index (χ2n) is 6.39. The summed E-state index contributed by atoms with van der Waals surface area (Å²) in [5.41, 5.74) is 4.46. The smallest absolute Gasteiger partial charge is 0.214 e. The fourth-order valence-corrected chi connectivity index (χ4v) is 3.12. The minimum Gasteiger partial charge on any atom is -0.497 e. The van der Waals surface area contributed by atoms with E-state index in [2.05, 4.69) is 70.3 Å². The quantitative estimate of drug-likeness (QED) is 0.498. The normalized spacial score (nSPS) is 10.5. The zero-order valence-electron chi connectivity index (χ0n) is 15.9. The maximum absolute atomic E-state index is 5.31. The molecule has 2 aromatic carbocycles. The molecule has 0 bridgehead atoms. The molecule has 0 spiro atoms. The third-order valence-electron chi connectivity index (χ3n) is 4.70. The Bertz CT molecular complexity index is 985.